The van der Waals surface area contributed by atoms with Crippen LogP contribution in [0.5, 0.6) is 0 Å². The molecule has 0 bridgehead atoms. The van der Waals surface area contributed by atoms with E-state index in [9.17, 15) is 9.59 Å². The second-order valence-electron chi connectivity index (χ2n) is 6.94. The number of amides is 1. The van der Waals surface area contributed by atoms with Gasteiger partial charge in [0.1, 0.15) is 5.60 Å². The fourth-order valence-electron chi connectivity index (χ4n) is 2.24. The van der Waals surface area contributed by atoms with Gasteiger partial charge in [0.15, 0.2) is 0 Å². The normalized spacial score (nSPS) is 11.1. The van der Waals surface area contributed by atoms with Crippen molar-refractivity contribution in [2.24, 2.45) is 0 Å². The van der Waals surface area contributed by atoms with Crippen LogP contribution in [0.15, 0.2) is 0 Å². The molecule has 0 radical (unpaired) electrons. The van der Waals surface area contributed by atoms with Crippen LogP contribution < -0.4 is 5.32 Å². The highest BCUT2D eigenvalue weighted by Crippen LogP contribution is 2.11. The number of esters is 1. The maximum atomic E-state index is 11.4. The molecule has 5 nitrogen and oxygen atoms in total. The number of unbranched alkanes of at least 4 members (excludes halogenated alkanes) is 8. The van der Waals surface area contributed by atoms with Gasteiger partial charge >= 0.3 is 12.1 Å². The van der Waals surface area contributed by atoms with Crippen molar-refractivity contribution in [2.75, 3.05) is 13.7 Å². The molecular formula is C18H35NO4. The van der Waals surface area contributed by atoms with E-state index in [0.717, 1.165) is 25.7 Å². The first-order valence-electron chi connectivity index (χ1n) is 8.89. The lowest BCUT2D eigenvalue weighted by Gasteiger charge is -2.19. The van der Waals surface area contributed by atoms with E-state index in [-0.39, 0.29) is 12.1 Å². The lowest BCUT2D eigenvalue weighted by Crippen LogP contribution is -2.32. The van der Waals surface area contributed by atoms with Gasteiger partial charge in [-0.1, -0.05) is 44.9 Å². The average molecular weight is 329 g/mol. The highest BCUT2D eigenvalue weighted by Gasteiger charge is 2.15. The molecule has 0 aromatic rings. The van der Waals surface area contributed by atoms with E-state index in [1.807, 2.05) is 20.8 Å². The minimum Gasteiger partial charge on any atom is -0.469 e. The number of methoxy groups -OCH3 is 1. The molecule has 0 aliphatic heterocycles. The van der Waals surface area contributed by atoms with Gasteiger partial charge in [-0.2, -0.15) is 0 Å². The molecular weight excluding hydrogens is 294 g/mol. The molecule has 0 saturated carbocycles. The van der Waals surface area contributed by atoms with E-state index in [1.54, 1.807) is 0 Å². The number of nitrogens with one attached hydrogen (secondary N) is 1. The summed E-state index contributed by atoms with van der Waals surface area (Å²) < 4.78 is 9.78. The van der Waals surface area contributed by atoms with Crippen molar-refractivity contribution in [1.82, 2.24) is 5.32 Å². The molecule has 0 rings (SSSR count). The standard InChI is InChI=1S/C18H35NO4/c1-18(2,3)23-17(21)19-15-13-11-9-7-5-6-8-10-12-14-16(20)22-4/h5-15H2,1-4H3,(H,19,21). The lowest BCUT2D eigenvalue weighted by molar-refractivity contribution is -0.140. The molecule has 0 aliphatic carbocycles. The minimum atomic E-state index is -0.430. The fourth-order valence-corrected chi connectivity index (χ4v) is 2.24. The predicted octanol–water partition coefficient (Wildman–Crippen LogP) is 4.59. The number of alkyl carbamates (subject to hydrolysis) is 1. The Kier molecular flexibility index (Phi) is 12.5. The second kappa shape index (κ2) is 13.2. The van der Waals surface area contributed by atoms with Gasteiger partial charge in [0.05, 0.1) is 7.11 Å². The van der Waals surface area contributed by atoms with E-state index in [4.69, 9.17) is 4.74 Å². The first-order valence-corrected chi connectivity index (χ1v) is 8.89. The van der Waals surface area contributed by atoms with Crippen LogP contribution in [-0.2, 0) is 14.3 Å². The summed E-state index contributed by atoms with van der Waals surface area (Å²) in [5.74, 6) is -0.106. The van der Waals surface area contributed by atoms with E-state index < -0.39 is 5.60 Å². The number of hydrogen-bond donors (Lipinski definition) is 1. The summed E-state index contributed by atoms with van der Waals surface area (Å²) in [4.78, 5) is 22.3. The van der Waals surface area contributed by atoms with E-state index in [1.165, 1.54) is 39.2 Å². The monoisotopic (exact) mass is 329 g/mol. The van der Waals surface area contributed by atoms with E-state index >= 15 is 0 Å². The van der Waals surface area contributed by atoms with Gasteiger partial charge in [0.25, 0.3) is 0 Å². The average Bonchev–Trinajstić information content (AvgIpc) is 2.46. The van der Waals surface area contributed by atoms with Crippen LogP contribution in [0.4, 0.5) is 4.79 Å². The summed E-state index contributed by atoms with van der Waals surface area (Å²) >= 11 is 0. The molecule has 1 N–H and O–H groups in total. The quantitative estimate of drug-likeness (QED) is 0.420. The van der Waals surface area contributed by atoms with Gasteiger partial charge in [0, 0.05) is 13.0 Å². The zero-order chi connectivity index (χ0) is 17.6. The molecule has 0 heterocycles. The summed E-state index contributed by atoms with van der Waals surface area (Å²) in [6.07, 6.45) is 10.5. The molecule has 5 heteroatoms. The smallest absolute Gasteiger partial charge is 0.407 e. The van der Waals surface area contributed by atoms with Crippen molar-refractivity contribution in [1.29, 1.82) is 0 Å². The highest BCUT2D eigenvalue weighted by molar-refractivity contribution is 5.69. The summed E-state index contributed by atoms with van der Waals surface area (Å²) in [7, 11) is 1.44. The van der Waals surface area contributed by atoms with Crippen LogP contribution in [0.2, 0.25) is 0 Å². The predicted molar refractivity (Wildman–Crippen MR) is 92.4 cm³/mol. The molecule has 0 saturated heterocycles. The van der Waals surface area contributed by atoms with Crippen LogP contribution in [-0.4, -0.2) is 31.3 Å². The van der Waals surface area contributed by atoms with Gasteiger partial charge in [-0.3, -0.25) is 4.79 Å². The van der Waals surface area contributed by atoms with Gasteiger partial charge in [0.2, 0.25) is 0 Å². The van der Waals surface area contributed by atoms with Crippen molar-refractivity contribution < 1.29 is 19.1 Å². The lowest BCUT2D eigenvalue weighted by atomic mass is 10.1. The Balaban J connectivity index is 3.22. The third kappa shape index (κ3) is 16.9. The molecule has 23 heavy (non-hydrogen) atoms. The number of carbonyl (C=O) groups is 2. The largest absolute Gasteiger partial charge is 0.469 e. The molecule has 0 atom stereocenters. The topological polar surface area (TPSA) is 64.6 Å². The third-order valence-electron chi connectivity index (χ3n) is 3.45. The van der Waals surface area contributed by atoms with Gasteiger partial charge < -0.3 is 14.8 Å². The number of rotatable bonds is 12. The zero-order valence-electron chi connectivity index (χ0n) is 15.4. The Morgan fingerprint density at radius 3 is 1.78 bits per heavy atom. The van der Waals surface area contributed by atoms with Crippen molar-refractivity contribution in [3.05, 3.63) is 0 Å². The van der Waals surface area contributed by atoms with Crippen molar-refractivity contribution in [3.63, 3.8) is 0 Å². The van der Waals surface area contributed by atoms with E-state index in [0.29, 0.717) is 13.0 Å². The van der Waals surface area contributed by atoms with Gasteiger partial charge in [-0.25, -0.2) is 4.79 Å². The Hall–Kier alpha value is -1.26. The molecule has 1 amide bonds. The summed E-state index contributed by atoms with van der Waals surface area (Å²) in [5, 5.41) is 2.78. The Morgan fingerprint density at radius 1 is 0.826 bits per heavy atom. The van der Waals surface area contributed by atoms with Crippen molar-refractivity contribution >= 4 is 12.1 Å². The zero-order valence-corrected chi connectivity index (χ0v) is 15.4. The summed E-state index contributed by atoms with van der Waals surface area (Å²) in [6.45, 7) is 6.27. The molecule has 0 unspecified atom stereocenters. The highest BCUT2D eigenvalue weighted by atomic mass is 16.6. The van der Waals surface area contributed by atoms with Crippen molar-refractivity contribution in [2.45, 2.75) is 90.6 Å². The van der Waals surface area contributed by atoms with Gasteiger partial charge in [-0.05, 0) is 33.6 Å². The fraction of sp³-hybridized carbons (Fsp3) is 0.889. The molecule has 0 aromatic heterocycles. The van der Waals surface area contributed by atoms with Crippen LogP contribution in [0, 0.1) is 0 Å². The summed E-state index contributed by atoms with van der Waals surface area (Å²) in [5.41, 5.74) is -0.430. The molecule has 0 fully saturated rings. The van der Waals surface area contributed by atoms with Crippen LogP contribution >= 0.6 is 0 Å². The Bertz CT molecular complexity index is 323. The second-order valence-corrected chi connectivity index (χ2v) is 6.94. The maximum Gasteiger partial charge on any atom is 0.407 e. The van der Waals surface area contributed by atoms with Gasteiger partial charge in [-0.15, -0.1) is 0 Å². The first kappa shape index (κ1) is 21.7. The van der Waals surface area contributed by atoms with Crippen LogP contribution in [0.1, 0.15) is 85.0 Å². The molecule has 136 valence electrons. The first-order chi connectivity index (χ1) is 10.8. The summed E-state index contributed by atoms with van der Waals surface area (Å²) in [6, 6.07) is 0. The molecule has 0 aromatic carbocycles. The molecule has 0 spiro atoms. The number of carbonyl (C=O) groups excluding carboxylic acids is 2. The third-order valence-corrected chi connectivity index (χ3v) is 3.45. The maximum absolute atomic E-state index is 11.4. The van der Waals surface area contributed by atoms with Crippen LogP contribution in [0.25, 0.3) is 0 Å². The SMILES string of the molecule is COC(=O)CCCCCCCCCCCNC(=O)OC(C)(C)C. The Morgan fingerprint density at radius 2 is 1.30 bits per heavy atom. The van der Waals surface area contributed by atoms with Crippen molar-refractivity contribution in [3.8, 4) is 0 Å². The molecule has 0 aliphatic rings. The number of hydrogen-bond acceptors (Lipinski definition) is 4. The van der Waals surface area contributed by atoms with E-state index in [2.05, 4.69) is 10.1 Å². The van der Waals surface area contributed by atoms with Crippen LogP contribution in [0.3, 0.4) is 0 Å². The Labute approximate surface area is 141 Å². The minimum absolute atomic E-state index is 0.106. The number of ether oxygens (including phenoxy) is 2.